The average Bonchev–Trinajstić information content (AvgIpc) is 2.65. The molecule has 0 aliphatic heterocycles. The largest absolute Gasteiger partial charge is 0.273 e. The predicted octanol–water partition coefficient (Wildman–Crippen LogP) is 4.06. The van der Waals surface area contributed by atoms with Crippen molar-refractivity contribution in [2.45, 2.75) is 26.2 Å². The molecule has 0 saturated heterocycles. The summed E-state index contributed by atoms with van der Waals surface area (Å²) in [6.45, 7) is 4.05. The van der Waals surface area contributed by atoms with Gasteiger partial charge in [0.05, 0.1) is 5.69 Å². The summed E-state index contributed by atoms with van der Waals surface area (Å²) in [7, 11) is 1.90. The maximum atomic E-state index is 13.4. The molecule has 0 N–H and O–H groups in total. The van der Waals surface area contributed by atoms with E-state index in [1.165, 1.54) is 12.1 Å². The van der Waals surface area contributed by atoms with E-state index in [2.05, 4.69) is 12.0 Å². The zero-order valence-corrected chi connectivity index (χ0v) is 11.5. The summed E-state index contributed by atoms with van der Waals surface area (Å²) in [6, 6.07) is 6.50. The highest BCUT2D eigenvalue weighted by atomic mass is 35.5. The molecule has 0 amide bonds. The Morgan fingerprint density at radius 3 is 2.67 bits per heavy atom. The monoisotopic (exact) mass is 266 g/mol. The van der Waals surface area contributed by atoms with Crippen LogP contribution in [0.3, 0.4) is 0 Å². The van der Waals surface area contributed by atoms with Crippen molar-refractivity contribution in [1.29, 1.82) is 0 Å². The van der Waals surface area contributed by atoms with E-state index in [9.17, 15) is 4.39 Å². The Kier molecular flexibility index (Phi) is 3.71. The first-order valence-electron chi connectivity index (χ1n) is 5.98. The van der Waals surface area contributed by atoms with E-state index in [0.29, 0.717) is 5.02 Å². The van der Waals surface area contributed by atoms with Crippen molar-refractivity contribution in [3.63, 3.8) is 0 Å². The van der Waals surface area contributed by atoms with Crippen molar-refractivity contribution < 1.29 is 4.39 Å². The fraction of sp³-hybridized carbons (Fsp3) is 0.357. The lowest BCUT2D eigenvalue weighted by atomic mass is 9.93. The van der Waals surface area contributed by atoms with E-state index in [0.717, 1.165) is 23.4 Å². The van der Waals surface area contributed by atoms with Crippen molar-refractivity contribution in [2.24, 2.45) is 7.05 Å². The number of benzene rings is 1. The van der Waals surface area contributed by atoms with Gasteiger partial charge in [0, 0.05) is 23.7 Å². The number of aryl methyl sites for hydroxylation is 2. The smallest absolute Gasteiger partial charge is 0.123 e. The van der Waals surface area contributed by atoms with Gasteiger partial charge in [-0.15, -0.1) is 0 Å². The normalized spacial score (nSPS) is 12.7. The lowest BCUT2D eigenvalue weighted by Gasteiger charge is -2.14. The zero-order chi connectivity index (χ0) is 13.3. The Balaban J connectivity index is 2.48. The Hall–Kier alpha value is -1.35. The number of hydrogen-bond donors (Lipinski definition) is 0. The van der Waals surface area contributed by atoms with Crippen LogP contribution in [0.25, 0.3) is 0 Å². The quantitative estimate of drug-likeness (QED) is 0.819. The standard InChI is InChI=1S/C14H16ClFN2/c1-4-11(14-7-9(2)18(3)17-14)12-8-10(16)5-6-13(12)15/h5-8,11H,4H2,1-3H3/t11-/m0/s1. The molecule has 1 heterocycles. The van der Waals surface area contributed by atoms with Crippen LogP contribution in [-0.2, 0) is 7.05 Å². The molecule has 4 heteroatoms. The van der Waals surface area contributed by atoms with Crippen molar-refractivity contribution >= 4 is 11.6 Å². The van der Waals surface area contributed by atoms with Gasteiger partial charge in [-0.3, -0.25) is 4.68 Å². The Bertz CT molecular complexity index is 543. The molecular formula is C14H16ClFN2. The molecule has 2 nitrogen and oxygen atoms in total. The first-order valence-corrected chi connectivity index (χ1v) is 6.36. The van der Waals surface area contributed by atoms with Crippen LogP contribution in [0.4, 0.5) is 4.39 Å². The van der Waals surface area contributed by atoms with Crippen LogP contribution in [0.1, 0.15) is 36.2 Å². The van der Waals surface area contributed by atoms with Crippen LogP contribution >= 0.6 is 11.6 Å². The molecule has 2 rings (SSSR count). The Labute approximate surface area is 111 Å². The highest BCUT2D eigenvalue weighted by Gasteiger charge is 2.19. The molecule has 0 spiro atoms. The van der Waals surface area contributed by atoms with Crippen LogP contribution in [0.2, 0.25) is 5.02 Å². The van der Waals surface area contributed by atoms with Crippen LogP contribution in [0.15, 0.2) is 24.3 Å². The Morgan fingerprint density at radius 2 is 2.11 bits per heavy atom. The molecule has 1 atom stereocenters. The minimum atomic E-state index is -0.263. The maximum absolute atomic E-state index is 13.4. The SMILES string of the molecule is CC[C@H](c1cc(C)n(C)n1)c1cc(F)ccc1Cl. The van der Waals surface area contributed by atoms with Gasteiger partial charge in [-0.1, -0.05) is 18.5 Å². The molecule has 18 heavy (non-hydrogen) atoms. The average molecular weight is 267 g/mol. The summed E-state index contributed by atoms with van der Waals surface area (Å²) in [6.07, 6.45) is 0.833. The van der Waals surface area contributed by atoms with E-state index >= 15 is 0 Å². The third-order valence-corrected chi connectivity index (χ3v) is 3.58. The second kappa shape index (κ2) is 5.11. The second-order valence-corrected chi connectivity index (χ2v) is 4.87. The molecular weight excluding hydrogens is 251 g/mol. The van der Waals surface area contributed by atoms with E-state index in [1.54, 1.807) is 6.07 Å². The Morgan fingerprint density at radius 1 is 1.39 bits per heavy atom. The number of nitrogens with zero attached hydrogens (tertiary/aromatic N) is 2. The van der Waals surface area contributed by atoms with E-state index in [1.807, 2.05) is 24.7 Å². The number of halogens is 2. The van der Waals surface area contributed by atoms with Crippen molar-refractivity contribution in [3.8, 4) is 0 Å². The molecule has 0 aliphatic carbocycles. The van der Waals surface area contributed by atoms with Crippen molar-refractivity contribution in [1.82, 2.24) is 9.78 Å². The zero-order valence-electron chi connectivity index (χ0n) is 10.7. The molecule has 0 bridgehead atoms. The number of rotatable bonds is 3. The van der Waals surface area contributed by atoms with Crippen LogP contribution < -0.4 is 0 Å². The maximum Gasteiger partial charge on any atom is 0.123 e. The molecule has 96 valence electrons. The summed E-state index contributed by atoms with van der Waals surface area (Å²) >= 11 is 6.16. The van der Waals surface area contributed by atoms with E-state index in [-0.39, 0.29) is 11.7 Å². The minimum absolute atomic E-state index is 0.0353. The lowest BCUT2D eigenvalue weighted by molar-refractivity contribution is 0.619. The van der Waals surface area contributed by atoms with Gasteiger partial charge in [0.2, 0.25) is 0 Å². The first kappa shape index (κ1) is 13.1. The molecule has 0 radical (unpaired) electrons. The van der Waals surface area contributed by atoms with Gasteiger partial charge in [-0.05, 0) is 43.2 Å². The molecule has 1 aromatic heterocycles. The highest BCUT2D eigenvalue weighted by Crippen LogP contribution is 2.32. The van der Waals surface area contributed by atoms with E-state index in [4.69, 9.17) is 11.6 Å². The summed E-state index contributed by atoms with van der Waals surface area (Å²) in [5, 5.41) is 5.05. The predicted molar refractivity (Wildman–Crippen MR) is 71.5 cm³/mol. The van der Waals surface area contributed by atoms with Gasteiger partial charge in [0.15, 0.2) is 0 Å². The second-order valence-electron chi connectivity index (χ2n) is 4.46. The van der Waals surface area contributed by atoms with Gasteiger partial charge < -0.3 is 0 Å². The van der Waals surface area contributed by atoms with Crippen LogP contribution in [0, 0.1) is 12.7 Å². The summed E-state index contributed by atoms with van der Waals surface area (Å²) in [5.74, 6) is -0.228. The third kappa shape index (κ3) is 2.41. The molecule has 1 aromatic carbocycles. The molecule has 0 unspecified atom stereocenters. The topological polar surface area (TPSA) is 17.8 Å². The first-order chi connectivity index (χ1) is 8.52. The van der Waals surface area contributed by atoms with Crippen LogP contribution in [-0.4, -0.2) is 9.78 Å². The molecule has 0 saturated carbocycles. The van der Waals surface area contributed by atoms with Gasteiger partial charge in [0.25, 0.3) is 0 Å². The fourth-order valence-corrected chi connectivity index (χ4v) is 2.38. The summed E-state index contributed by atoms with van der Waals surface area (Å²) in [5.41, 5.74) is 2.82. The van der Waals surface area contributed by atoms with Crippen molar-refractivity contribution in [2.75, 3.05) is 0 Å². The van der Waals surface area contributed by atoms with Crippen LogP contribution in [0.5, 0.6) is 0 Å². The number of hydrogen-bond acceptors (Lipinski definition) is 1. The summed E-state index contributed by atoms with van der Waals surface area (Å²) in [4.78, 5) is 0. The molecule has 0 fully saturated rings. The lowest BCUT2D eigenvalue weighted by Crippen LogP contribution is -2.03. The fourth-order valence-electron chi connectivity index (χ4n) is 2.13. The van der Waals surface area contributed by atoms with Gasteiger partial charge >= 0.3 is 0 Å². The van der Waals surface area contributed by atoms with Crippen molar-refractivity contribution in [3.05, 3.63) is 52.1 Å². The highest BCUT2D eigenvalue weighted by molar-refractivity contribution is 6.31. The number of aromatic nitrogens is 2. The molecule has 0 aliphatic rings. The minimum Gasteiger partial charge on any atom is -0.273 e. The van der Waals surface area contributed by atoms with E-state index < -0.39 is 0 Å². The molecule has 2 aromatic rings. The van der Waals surface area contributed by atoms with Gasteiger partial charge in [-0.2, -0.15) is 5.10 Å². The summed E-state index contributed by atoms with van der Waals surface area (Å²) < 4.78 is 15.2. The third-order valence-electron chi connectivity index (χ3n) is 3.23. The van der Waals surface area contributed by atoms with Gasteiger partial charge in [-0.25, -0.2) is 4.39 Å². The van der Waals surface area contributed by atoms with Gasteiger partial charge in [0.1, 0.15) is 5.82 Å².